The number of hydrogen-bond donors (Lipinski definition) is 0. The minimum Gasteiger partial charge on any atom is -0.496 e. The van der Waals surface area contributed by atoms with Gasteiger partial charge in [-0.3, -0.25) is 4.90 Å². The van der Waals surface area contributed by atoms with Gasteiger partial charge in [0.2, 0.25) is 0 Å². The van der Waals surface area contributed by atoms with Gasteiger partial charge in [0, 0.05) is 43.2 Å². The molecule has 0 saturated carbocycles. The molecule has 9 heterocycles. The van der Waals surface area contributed by atoms with Crippen LogP contribution in [0.1, 0.15) is 116 Å². The number of hydrogen-bond acceptors (Lipinski definition) is 10. The van der Waals surface area contributed by atoms with Crippen molar-refractivity contribution in [2.24, 2.45) is 0 Å². The molecule has 0 radical (unpaired) electrons. The Morgan fingerprint density at radius 3 is 1.98 bits per heavy atom. The molecule has 50 heavy (non-hydrogen) atoms. The molecule has 7 saturated heterocycles. The summed E-state index contributed by atoms with van der Waals surface area (Å²) in [5.41, 5.74) is -1.71. The van der Waals surface area contributed by atoms with Crippen molar-refractivity contribution in [2.45, 2.75) is 173 Å². The Morgan fingerprint density at radius 2 is 1.30 bits per heavy atom. The smallest absolute Gasteiger partial charge is 0.162 e. The lowest BCUT2D eigenvalue weighted by Gasteiger charge is -2.75. The minimum absolute atomic E-state index is 0.00347. The average Bonchev–Trinajstić information content (AvgIpc) is 4.04. The first kappa shape index (κ1) is 35.3. The summed E-state index contributed by atoms with van der Waals surface area (Å²) in [6.07, 6.45) is 29.3. The van der Waals surface area contributed by atoms with Crippen LogP contribution in [0.2, 0.25) is 0 Å². The van der Waals surface area contributed by atoms with E-state index in [2.05, 4.69) is 56.9 Å². The first-order chi connectivity index (χ1) is 24.8. The van der Waals surface area contributed by atoms with Crippen molar-refractivity contribution in [3.63, 3.8) is 0 Å². The van der Waals surface area contributed by atoms with E-state index in [-0.39, 0.29) is 30.6 Å². The van der Waals surface area contributed by atoms with Gasteiger partial charge < -0.3 is 23.7 Å². The molecule has 0 aromatic carbocycles. The van der Waals surface area contributed by atoms with Crippen molar-refractivity contribution >= 4 is 23.5 Å². The Bertz CT molecular complexity index is 1180. The Morgan fingerprint density at radius 1 is 0.580 bits per heavy atom. The predicted octanol–water partition coefficient (Wildman–Crippen LogP) is 7.28. The van der Waals surface area contributed by atoms with Crippen LogP contribution in [-0.4, -0.2) is 124 Å². The summed E-state index contributed by atoms with van der Waals surface area (Å²) in [6.45, 7) is 6.00. The van der Waals surface area contributed by atoms with Gasteiger partial charge in [0.1, 0.15) is 29.5 Å². The van der Waals surface area contributed by atoms with Crippen LogP contribution in [0, 0.1) is 0 Å². The maximum Gasteiger partial charge on any atom is 0.162 e. The van der Waals surface area contributed by atoms with Gasteiger partial charge in [-0.1, -0.05) is 12.8 Å². The summed E-state index contributed by atoms with van der Waals surface area (Å²) in [6, 6.07) is 0. The standard InChI is InChI=1S/C40H63N3O5S2/c1-5-23-42(24-6-1)43-37(41-21-7-8-22-41)38(31-17-12-27-44-31,32-18-13-28-45-32)48-40(36-20-14-30-50-36,34-16-3-10-26-47-34)39(43,33-15-2-9-25-46-33)35-19-4-11-29-49-35/h9,12,25,27,31-37H,1-8,10-11,13-24,26,28-30H2. The zero-order valence-corrected chi connectivity index (χ0v) is 32.1. The van der Waals surface area contributed by atoms with Gasteiger partial charge in [0.25, 0.3) is 0 Å². The first-order valence-electron chi connectivity index (χ1n) is 20.9. The minimum atomic E-state index is -0.681. The molecule has 9 aliphatic rings. The second kappa shape index (κ2) is 15.3. The van der Waals surface area contributed by atoms with Gasteiger partial charge in [-0.05, 0) is 133 Å². The molecule has 10 atom stereocenters. The second-order valence-corrected chi connectivity index (χ2v) is 19.2. The van der Waals surface area contributed by atoms with Crippen molar-refractivity contribution in [2.75, 3.05) is 50.9 Å². The van der Waals surface area contributed by atoms with Gasteiger partial charge in [-0.25, -0.2) is 10.0 Å². The SMILES string of the molecule is C1=COC(C2(C3CCCCS3)N(N3CCCCC3)C(N3CCCC3)C(C3CC=CO3)(C3CCCO3)OC2(C2CCCCO2)C2CCCS2)CC1. The van der Waals surface area contributed by atoms with Gasteiger partial charge in [0.15, 0.2) is 5.60 Å². The van der Waals surface area contributed by atoms with Crippen molar-refractivity contribution in [1.82, 2.24) is 14.9 Å². The van der Waals surface area contributed by atoms with E-state index >= 15 is 0 Å². The fourth-order valence-corrected chi connectivity index (χ4v) is 15.3. The van der Waals surface area contributed by atoms with Gasteiger partial charge in [0.05, 0.1) is 24.7 Å². The lowest BCUT2D eigenvalue weighted by atomic mass is 9.60. The summed E-state index contributed by atoms with van der Waals surface area (Å²) in [5.74, 6) is 2.40. The normalized spacial score (nSPS) is 46.7. The highest BCUT2D eigenvalue weighted by Gasteiger charge is 2.81. The Hall–Kier alpha value is -0.460. The molecular formula is C40H63N3O5S2. The molecule has 280 valence electrons. The van der Waals surface area contributed by atoms with Crippen LogP contribution < -0.4 is 0 Å². The Labute approximate surface area is 310 Å². The van der Waals surface area contributed by atoms with E-state index in [9.17, 15) is 0 Å². The number of ether oxygens (including phenoxy) is 5. The topological polar surface area (TPSA) is 55.9 Å². The summed E-state index contributed by atoms with van der Waals surface area (Å²) >= 11 is 4.45. The molecule has 0 amide bonds. The summed E-state index contributed by atoms with van der Waals surface area (Å²) in [4.78, 5) is 2.85. The van der Waals surface area contributed by atoms with Gasteiger partial charge in [-0.15, -0.1) is 0 Å². The second-order valence-electron chi connectivity index (χ2n) is 16.6. The molecule has 0 N–H and O–H groups in total. The lowest BCUT2D eigenvalue weighted by molar-refractivity contribution is -0.424. The van der Waals surface area contributed by atoms with Crippen LogP contribution in [0.15, 0.2) is 24.7 Å². The van der Waals surface area contributed by atoms with Gasteiger partial charge >= 0.3 is 0 Å². The van der Waals surface area contributed by atoms with E-state index < -0.39 is 16.7 Å². The average molecular weight is 730 g/mol. The van der Waals surface area contributed by atoms with Crippen LogP contribution in [0.25, 0.3) is 0 Å². The molecular weight excluding hydrogens is 667 g/mol. The Balaban J connectivity index is 1.38. The maximum absolute atomic E-state index is 8.86. The molecule has 8 nitrogen and oxygen atoms in total. The van der Waals surface area contributed by atoms with Crippen molar-refractivity contribution in [1.29, 1.82) is 0 Å². The number of allylic oxidation sites excluding steroid dienone is 1. The van der Waals surface area contributed by atoms with E-state index in [1.807, 2.05) is 6.26 Å². The summed E-state index contributed by atoms with van der Waals surface area (Å²) in [5, 5.41) is 6.66. The third-order valence-corrected chi connectivity index (χ3v) is 16.9. The number of rotatable bonds is 8. The first-order valence-corrected chi connectivity index (χ1v) is 23.0. The molecule has 0 spiro atoms. The zero-order chi connectivity index (χ0) is 33.4. The van der Waals surface area contributed by atoms with Gasteiger partial charge in [-0.2, -0.15) is 23.5 Å². The fraction of sp³-hybridized carbons (Fsp3) is 0.900. The third-order valence-electron chi connectivity index (χ3n) is 13.9. The Kier molecular flexibility index (Phi) is 10.8. The molecule has 0 aromatic heterocycles. The maximum atomic E-state index is 8.86. The van der Waals surface area contributed by atoms with E-state index in [0.29, 0.717) is 10.5 Å². The molecule has 9 rings (SSSR count). The summed E-state index contributed by atoms with van der Waals surface area (Å²) in [7, 11) is 0. The third kappa shape index (κ3) is 5.69. The molecule has 0 aromatic rings. The molecule has 0 aliphatic carbocycles. The zero-order valence-electron chi connectivity index (χ0n) is 30.4. The number of thioether (sulfide) groups is 2. The highest BCUT2D eigenvalue weighted by molar-refractivity contribution is 8.00. The van der Waals surface area contributed by atoms with E-state index in [1.54, 1.807) is 0 Å². The van der Waals surface area contributed by atoms with E-state index in [4.69, 9.17) is 23.7 Å². The largest absolute Gasteiger partial charge is 0.496 e. The molecule has 9 aliphatic heterocycles. The number of nitrogens with zero attached hydrogens (tertiary/aromatic N) is 3. The van der Waals surface area contributed by atoms with Crippen molar-refractivity contribution < 1.29 is 23.7 Å². The fourth-order valence-electron chi connectivity index (χ4n) is 12.0. The van der Waals surface area contributed by atoms with E-state index in [0.717, 1.165) is 84.3 Å². The van der Waals surface area contributed by atoms with Crippen LogP contribution in [0.4, 0.5) is 0 Å². The predicted molar refractivity (Wildman–Crippen MR) is 201 cm³/mol. The molecule has 10 unspecified atom stereocenters. The number of morpholine rings is 1. The van der Waals surface area contributed by atoms with Crippen molar-refractivity contribution in [3.8, 4) is 0 Å². The monoisotopic (exact) mass is 729 g/mol. The van der Waals surface area contributed by atoms with Crippen molar-refractivity contribution in [3.05, 3.63) is 24.7 Å². The number of likely N-dealkylation sites (tertiary alicyclic amines) is 1. The quantitative estimate of drug-likeness (QED) is 0.255. The highest BCUT2D eigenvalue weighted by atomic mass is 32.2. The van der Waals surface area contributed by atoms with Crippen LogP contribution >= 0.6 is 23.5 Å². The number of piperidine rings is 1. The van der Waals surface area contributed by atoms with Crippen LogP contribution in [0.3, 0.4) is 0 Å². The van der Waals surface area contributed by atoms with Crippen LogP contribution in [0.5, 0.6) is 0 Å². The van der Waals surface area contributed by atoms with E-state index in [1.165, 1.54) is 82.1 Å². The highest BCUT2D eigenvalue weighted by Crippen LogP contribution is 2.64. The lowest BCUT2D eigenvalue weighted by Crippen LogP contribution is -2.94. The number of hydrazine groups is 1. The van der Waals surface area contributed by atoms with Crippen LogP contribution in [-0.2, 0) is 23.7 Å². The summed E-state index contributed by atoms with van der Waals surface area (Å²) < 4.78 is 37.3. The molecule has 7 fully saturated rings. The molecule has 0 bridgehead atoms. The molecule has 10 heteroatoms.